The third-order valence-corrected chi connectivity index (χ3v) is 3.13. The van der Waals surface area contributed by atoms with E-state index in [0.717, 1.165) is 0 Å². The van der Waals surface area contributed by atoms with E-state index in [-0.39, 0.29) is 11.0 Å². The summed E-state index contributed by atoms with van der Waals surface area (Å²) in [5.41, 5.74) is 0.978. The number of nitrogens with one attached hydrogen (secondary N) is 2. The topological polar surface area (TPSA) is 59.0 Å². The number of thiocarbonyl (C=S) groups is 1. The molecule has 0 saturated heterocycles. The quantitative estimate of drug-likeness (QED) is 0.832. The first kappa shape index (κ1) is 14.8. The third kappa shape index (κ3) is 3.69. The summed E-state index contributed by atoms with van der Waals surface area (Å²) in [4.78, 5) is 11.9. The summed E-state index contributed by atoms with van der Waals surface area (Å²) in [6.07, 6.45) is 3.04. The van der Waals surface area contributed by atoms with Gasteiger partial charge in [-0.1, -0.05) is 23.2 Å². The first-order chi connectivity index (χ1) is 9.45. The van der Waals surface area contributed by atoms with Gasteiger partial charge < -0.3 is 5.32 Å². The number of aromatic nitrogens is 2. The van der Waals surface area contributed by atoms with Gasteiger partial charge in [-0.2, -0.15) is 5.10 Å². The van der Waals surface area contributed by atoms with Crippen molar-refractivity contribution >= 4 is 52.1 Å². The molecule has 5 nitrogen and oxygen atoms in total. The minimum absolute atomic E-state index is 0.142. The van der Waals surface area contributed by atoms with Crippen molar-refractivity contribution in [2.24, 2.45) is 7.05 Å². The highest BCUT2D eigenvalue weighted by Gasteiger charge is 2.10. The summed E-state index contributed by atoms with van der Waals surface area (Å²) in [5.74, 6) is -0.347. The SMILES string of the molecule is Cn1cc(C(=O)NC(=S)Nc2ccc(Cl)cc2Cl)cn1. The lowest BCUT2D eigenvalue weighted by Crippen LogP contribution is -2.34. The lowest BCUT2D eigenvalue weighted by molar-refractivity contribution is 0.0977. The average molecular weight is 329 g/mol. The van der Waals surface area contributed by atoms with Gasteiger partial charge in [0.1, 0.15) is 0 Å². The molecule has 1 aromatic heterocycles. The smallest absolute Gasteiger partial charge is 0.260 e. The highest BCUT2D eigenvalue weighted by atomic mass is 35.5. The van der Waals surface area contributed by atoms with Crippen LogP contribution in [0.15, 0.2) is 30.6 Å². The van der Waals surface area contributed by atoms with E-state index in [1.165, 1.54) is 10.9 Å². The Hall–Kier alpha value is -1.63. The zero-order valence-corrected chi connectivity index (χ0v) is 12.7. The first-order valence-electron chi connectivity index (χ1n) is 5.52. The maximum Gasteiger partial charge on any atom is 0.260 e. The van der Waals surface area contributed by atoms with E-state index in [1.54, 1.807) is 31.4 Å². The Morgan fingerprint density at radius 3 is 2.75 bits per heavy atom. The Kier molecular flexibility index (Phi) is 4.59. The normalized spacial score (nSPS) is 10.2. The zero-order chi connectivity index (χ0) is 14.7. The van der Waals surface area contributed by atoms with Crippen molar-refractivity contribution in [1.82, 2.24) is 15.1 Å². The van der Waals surface area contributed by atoms with Gasteiger partial charge in [-0.15, -0.1) is 0 Å². The molecule has 104 valence electrons. The summed E-state index contributed by atoms with van der Waals surface area (Å²) in [5, 5.41) is 10.3. The average Bonchev–Trinajstić information content (AvgIpc) is 2.79. The number of hydrogen-bond acceptors (Lipinski definition) is 3. The number of amides is 1. The molecule has 0 aliphatic rings. The Balaban J connectivity index is 2.00. The van der Waals surface area contributed by atoms with E-state index in [2.05, 4.69) is 15.7 Å². The fourth-order valence-electron chi connectivity index (χ4n) is 1.46. The summed E-state index contributed by atoms with van der Waals surface area (Å²) >= 11 is 16.8. The number of carbonyl (C=O) groups is 1. The van der Waals surface area contributed by atoms with Crippen LogP contribution in [0.5, 0.6) is 0 Å². The number of anilines is 1. The molecule has 2 N–H and O–H groups in total. The highest BCUT2D eigenvalue weighted by molar-refractivity contribution is 7.80. The van der Waals surface area contributed by atoms with Crippen molar-refractivity contribution in [3.63, 3.8) is 0 Å². The molecule has 20 heavy (non-hydrogen) atoms. The van der Waals surface area contributed by atoms with Gasteiger partial charge in [0, 0.05) is 18.3 Å². The van der Waals surface area contributed by atoms with E-state index in [1.807, 2.05) is 0 Å². The minimum Gasteiger partial charge on any atom is -0.331 e. The standard InChI is InChI=1S/C12H10Cl2N4OS/c1-18-6-7(5-15-18)11(19)17-12(20)16-10-3-2-8(13)4-9(10)14/h2-6H,1H3,(H2,16,17,19,20). The van der Waals surface area contributed by atoms with Crippen LogP contribution in [0, 0.1) is 0 Å². The van der Waals surface area contributed by atoms with Gasteiger partial charge in [-0.3, -0.25) is 14.8 Å². The molecule has 1 aromatic carbocycles. The van der Waals surface area contributed by atoms with Crippen LogP contribution in [-0.4, -0.2) is 20.8 Å². The molecular formula is C12H10Cl2N4OS. The van der Waals surface area contributed by atoms with Crippen LogP contribution in [0.2, 0.25) is 10.0 Å². The predicted octanol–water partition coefficient (Wildman–Crippen LogP) is 2.85. The molecule has 0 spiro atoms. The maximum atomic E-state index is 11.9. The van der Waals surface area contributed by atoms with Crippen LogP contribution in [0.25, 0.3) is 0 Å². The number of rotatable bonds is 2. The van der Waals surface area contributed by atoms with E-state index in [4.69, 9.17) is 35.4 Å². The summed E-state index contributed by atoms with van der Waals surface area (Å²) in [6, 6.07) is 4.92. The first-order valence-corrected chi connectivity index (χ1v) is 6.68. The van der Waals surface area contributed by atoms with Crippen LogP contribution in [0.4, 0.5) is 5.69 Å². The molecule has 0 bridgehead atoms. The molecule has 0 aliphatic carbocycles. The van der Waals surface area contributed by atoms with E-state index in [9.17, 15) is 4.79 Å². The van der Waals surface area contributed by atoms with Gasteiger partial charge in [0.2, 0.25) is 0 Å². The highest BCUT2D eigenvalue weighted by Crippen LogP contribution is 2.25. The van der Waals surface area contributed by atoms with Gasteiger partial charge in [0.15, 0.2) is 5.11 Å². The maximum absolute atomic E-state index is 11.9. The molecular weight excluding hydrogens is 319 g/mol. The van der Waals surface area contributed by atoms with Crippen LogP contribution in [0.1, 0.15) is 10.4 Å². The Morgan fingerprint density at radius 1 is 1.40 bits per heavy atom. The van der Waals surface area contributed by atoms with Crippen molar-refractivity contribution < 1.29 is 4.79 Å². The molecule has 0 fully saturated rings. The minimum atomic E-state index is -0.347. The van der Waals surface area contributed by atoms with Gasteiger partial charge in [0.05, 0.1) is 22.5 Å². The Bertz CT molecular complexity index is 671. The fraction of sp³-hybridized carbons (Fsp3) is 0.0833. The molecule has 0 unspecified atom stereocenters. The molecule has 0 radical (unpaired) electrons. The largest absolute Gasteiger partial charge is 0.331 e. The molecule has 2 aromatic rings. The molecule has 1 amide bonds. The van der Waals surface area contributed by atoms with Gasteiger partial charge >= 0.3 is 0 Å². The van der Waals surface area contributed by atoms with Crippen LogP contribution < -0.4 is 10.6 Å². The molecule has 8 heteroatoms. The van der Waals surface area contributed by atoms with Crippen LogP contribution in [-0.2, 0) is 7.05 Å². The number of hydrogen-bond donors (Lipinski definition) is 2. The van der Waals surface area contributed by atoms with Crippen LogP contribution in [0.3, 0.4) is 0 Å². The number of aryl methyl sites for hydroxylation is 1. The van der Waals surface area contributed by atoms with Crippen molar-refractivity contribution in [3.05, 3.63) is 46.2 Å². The molecule has 0 saturated carbocycles. The third-order valence-electron chi connectivity index (χ3n) is 2.37. The lowest BCUT2D eigenvalue weighted by Gasteiger charge is -2.10. The molecule has 0 aliphatic heterocycles. The number of carbonyl (C=O) groups excluding carboxylic acids is 1. The summed E-state index contributed by atoms with van der Waals surface area (Å²) in [7, 11) is 1.72. The lowest BCUT2D eigenvalue weighted by atomic mass is 10.3. The number of nitrogens with zero attached hydrogens (tertiary/aromatic N) is 2. The number of benzene rings is 1. The Morgan fingerprint density at radius 2 is 2.15 bits per heavy atom. The monoisotopic (exact) mass is 328 g/mol. The van der Waals surface area contributed by atoms with Crippen molar-refractivity contribution in [2.45, 2.75) is 0 Å². The van der Waals surface area contributed by atoms with E-state index >= 15 is 0 Å². The fourth-order valence-corrected chi connectivity index (χ4v) is 2.12. The van der Waals surface area contributed by atoms with E-state index in [0.29, 0.717) is 21.3 Å². The zero-order valence-electron chi connectivity index (χ0n) is 10.4. The second-order valence-corrected chi connectivity index (χ2v) is 5.19. The Labute approximate surface area is 130 Å². The predicted molar refractivity (Wildman–Crippen MR) is 83.4 cm³/mol. The van der Waals surface area contributed by atoms with Crippen molar-refractivity contribution in [2.75, 3.05) is 5.32 Å². The van der Waals surface area contributed by atoms with Gasteiger partial charge in [0.25, 0.3) is 5.91 Å². The summed E-state index contributed by atoms with van der Waals surface area (Å²) < 4.78 is 1.53. The molecule has 0 atom stereocenters. The second-order valence-electron chi connectivity index (χ2n) is 3.94. The van der Waals surface area contributed by atoms with Gasteiger partial charge in [-0.05, 0) is 30.4 Å². The van der Waals surface area contributed by atoms with Crippen molar-refractivity contribution in [3.8, 4) is 0 Å². The molecule has 2 rings (SSSR count). The van der Waals surface area contributed by atoms with Crippen molar-refractivity contribution in [1.29, 1.82) is 0 Å². The van der Waals surface area contributed by atoms with Gasteiger partial charge in [-0.25, -0.2) is 0 Å². The van der Waals surface area contributed by atoms with E-state index < -0.39 is 0 Å². The van der Waals surface area contributed by atoms with Crippen LogP contribution >= 0.6 is 35.4 Å². The summed E-state index contributed by atoms with van der Waals surface area (Å²) in [6.45, 7) is 0. The molecule has 1 heterocycles. The second kappa shape index (κ2) is 6.21. The number of halogens is 2.